The minimum atomic E-state index is -0.643. The molecule has 2 aromatic carbocycles. The predicted molar refractivity (Wildman–Crippen MR) is 133 cm³/mol. The molecule has 6 nitrogen and oxygen atoms in total. The van der Waals surface area contributed by atoms with Gasteiger partial charge in [0.15, 0.2) is 4.80 Å². The Balaban J connectivity index is 1.90. The molecule has 4 rings (SSSR count). The van der Waals surface area contributed by atoms with E-state index in [2.05, 4.69) is 4.99 Å². The lowest BCUT2D eigenvalue weighted by Gasteiger charge is -2.24. The van der Waals surface area contributed by atoms with Gasteiger partial charge in [0.1, 0.15) is 0 Å². The number of halogens is 1. The summed E-state index contributed by atoms with van der Waals surface area (Å²) in [6.45, 7) is 3.75. The van der Waals surface area contributed by atoms with Gasteiger partial charge in [-0.2, -0.15) is 0 Å². The lowest BCUT2D eigenvalue weighted by Crippen LogP contribution is -2.39. The number of thiazole rings is 1. The van der Waals surface area contributed by atoms with Crippen molar-refractivity contribution in [2.45, 2.75) is 19.9 Å². The summed E-state index contributed by atoms with van der Waals surface area (Å²) >= 11 is 7.39. The van der Waals surface area contributed by atoms with Gasteiger partial charge in [0.05, 0.1) is 28.5 Å². The molecule has 8 heteroatoms. The van der Waals surface area contributed by atoms with Crippen LogP contribution in [0.25, 0.3) is 6.08 Å². The van der Waals surface area contributed by atoms with Crippen molar-refractivity contribution >= 4 is 40.7 Å². The van der Waals surface area contributed by atoms with Crippen LogP contribution < -0.4 is 19.8 Å². The fourth-order valence-electron chi connectivity index (χ4n) is 3.77. The van der Waals surface area contributed by atoms with Crippen molar-refractivity contribution in [3.05, 3.63) is 95.6 Å². The number of nitrogens with zero attached hydrogens (tertiary/aromatic N) is 3. The lowest BCUT2D eigenvalue weighted by molar-refractivity contribution is -0.139. The minimum absolute atomic E-state index is 0.204. The second-order valence-electron chi connectivity index (χ2n) is 7.84. The van der Waals surface area contributed by atoms with E-state index in [4.69, 9.17) is 16.3 Å². The maximum absolute atomic E-state index is 13.5. The number of aromatic nitrogens is 1. The van der Waals surface area contributed by atoms with Gasteiger partial charge < -0.3 is 9.64 Å². The molecule has 1 aromatic heterocycles. The molecule has 33 heavy (non-hydrogen) atoms. The SMILES string of the molecule is CCOC(=O)C1=C(C)N=c2s/c(=C\c3ccc(N(C)C)cc3)c(=O)n2[C@@H]1c1ccc(Cl)cc1. The molecule has 0 saturated heterocycles. The first-order chi connectivity index (χ1) is 15.8. The Bertz CT molecular complexity index is 1400. The molecular weight excluding hydrogens is 458 g/mol. The topological polar surface area (TPSA) is 63.9 Å². The highest BCUT2D eigenvalue weighted by Crippen LogP contribution is 2.31. The Kier molecular flexibility index (Phi) is 6.54. The van der Waals surface area contributed by atoms with Crippen molar-refractivity contribution < 1.29 is 9.53 Å². The maximum Gasteiger partial charge on any atom is 0.338 e. The molecule has 0 radical (unpaired) electrons. The number of carbonyl (C=O) groups is 1. The number of carbonyl (C=O) groups excluding carboxylic acids is 1. The first-order valence-corrected chi connectivity index (χ1v) is 11.7. The monoisotopic (exact) mass is 481 g/mol. The molecule has 1 aliphatic rings. The number of hydrogen-bond acceptors (Lipinski definition) is 6. The molecule has 0 fully saturated rings. The highest BCUT2D eigenvalue weighted by molar-refractivity contribution is 7.07. The van der Waals surface area contributed by atoms with Gasteiger partial charge in [0, 0.05) is 24.8 Å². The molecule has 3 aromatic rings. The summed E-state index contributed by atoms with van der Waals surface area (Å²) in [5.41, 5.74) is 3.44. The second kappa shape index (κ2) is 9.37. The first kappa shape index (κ1) is 23.0. The number of hydrogen-bond donors (Lipinski definition) is 0. The molecule has 0 amide bonds. The standard InChI is InChI=1S/C25H24ClN3O3S/c1-5-32-24(31)21-15(2)27-25-29(22(21)17-8-10-18(26)11-9-17)23(30)20(33-25)14-16-6-12-19(13-7-16)28(3)4/h6-14,22H,5H2,1-4H3/b20-14-/t22-/m1/s1. The summed E-state index contributed by atoms with van der Waals surface area (Å²) in [6, 6.07) is 14.4. The molecule has 0 spiro atoms. The van der Waals surface area contributed by atoms with E-state index in [0.29, 0.717) is 25.6 Å². The van der Waals surface area contributed by atoms with E-state index in [9.17, 15) is 9.59 Å². The van der Waals surface area contributed by atoms with Crippen LogP contribution in [0.15, 0.2) is 69.6 Å². The zero-order valence-corrected chi connectivity index (χ0v) is 20.4. The molecule has 170 valence electrons. The number of rotatable bonds is 5. The average molecular weight is 482 g/mol. The van der Waals surface area contributed by atoms with Gasteiger partial charge in [-0.1, -0.05) is 47.2 Å². The Morgan fingerprint density at radius 3 is 2.45 bits per heavy atom. The number of allylic oxidation sites excluding steroid dienone is 1. The van der Waals surface area contributed by atoms with Gasteiger partial charge in [-0.05, 0) is 55.3 Å². The van der Waals surface area contributed by atoms with E-state index < -0.39 is 12.0 Å². The normalized spacial score (nSPS) is 15.8. The lowest BCUT2D eigenvalue weighted by atomic mass is 9.96. The van der Waals surface area contributed by atoms with Gasteiger partial charge in [0.2, 0.25) is 0 Å². The third-order valence-corrected chi connectivity index (χ3v) is 6.64. The molecular formula is C25H24ClN3O3S. The minimum Gasteiger partial charge on any atom is -0.463 e. The third kappa shape index (κ3) is 4.51. The molecule has 0 saturated carbocycles. The summed E-state index contributed by atoms with van der Waals surface area (Å²) in [4.78, 5) is 33.6. The van der Waals surface area contributed by atoms with Gasteiger partial charge in [-0.15, -0.1) is 0 Å². The van der Waals surface area contributed by atoms with Crippen LogP contribution in [-0.2, 0) is 9.53 Å². The van der Waals surface area contributed by atoms with Crippen molar-refractivity contribution in [2.24, 2.45) is 4.99 Å². The van der Waals surface area contributed by atoms with Crippen LogP contribution in [0.2, 0.25) is 5.02 Å². The summed E-state index contributed by atoms with van der Waals surface area (Å²) in [5.74, 6) is -0.479. The van der Waals surface area contributed by atoms with Crippen molar-refractivity contribution in [3.8, 4) is 0 Å². The molecule has 0 bridgehead atoms. The summed E-state index contributed by atoms with van der Waals surface area (Å²) in [5, 5.41) is 0.575. The fourth-order valence-corrected chi connectivity index (χ4v) is 4.94. The van der Waals surface area contributed by atoms with Crippen LogP contribution in [0.5, 0.6) is 0 Å². The van der Waals surface area contributed by atoms with Gasteiger partial charge >= 0.3 is 5.97 Å². The smallest absolute Gasteiger partial charge is 0.338 e. The van der Waals surface area contributed by atoms with Crippen LogP contribution in [0.1, 0.15) is 31.0 Å². The number of esters is 1. The van der Waals surface area contributed by atoms with Crippen LogP contribution >= 0.6 is 22.9 Å². The van der Waals surface area contributed by atoms with Gasteiger partial charge in [0.25, 0.3) is 5.56 Å². The Labute approximate surface area is 200 Å². The Morgan fingerprint density at radius 1 is 1.18 bits per heavy atom. The van der Waals surface area contributed by atoms with Crippen LogP contribution in [0.3, 0.4) is 0 Å². The summed E-state index contributed by atoms with van der Waals surface area (Å²) < 4.78 is 7.43. The van der Waals surface area contributed by atoms with E-state index in [0.717, 1.165) is 16.8 Å². The number of fused-ring (bicyclic) bond motifs is 1. The second-order valence-corrected chi connectivity index (χ2v) is 9.29. The third-order valence-electron chi connectivity index (χ3n) is 5.41. The summed E-state index contributed by atoms with van der Waals surface area (Å²) in [7, 11) is 3.96. The number of ether oxygens (including phenoxy) is 1. The van der Waals surface area contributed by atoms with Crippen molar-refractivity contribution in [2.75, 3.05) is 25.6 Å². The largest absolute Gasteiger partial charge is 0.463 e. The Morgan fingerprint density at radius 2 is 1.85 bits per heavy atom. The van der Waals surface area contributed by atoms with Crippen LogP contribution in [0, 0.1) is 0 Å². The predicted octanol–water partition coefficient (Wildman–Crippen LogP) is 3.52. The highest BCUT2D eigenvalue weighted by Gasteiger charge is 2.33. The van der Waals surface area contributed by atoms with Crippen molar-refractivity contribution in [1.82, 2.24) is 4.57 Å². The maximum atomic E-state index is 13.5. The van der Waals surface area contributed by atoms with Crippen molar-refractivity contribution in [1.29, 1.82) is 0 Å². The molecule has 0 aliphatic carbocycles. The zero-order chi connectivity index (χ0) is 23.7. The number of benzene rings is 2. The van der Waals surface area contributed by atoms with Crippen molar-refractivity contribution in [3.63, 3.8) is 0 Å². The molecule has 1 atom stereocenters. The van der Waals surface area contributed by atoms with E-state index in [-0.39, 0.29) is 12.2 Å². The fraction of sp³-hybridized carbons (Fsp3) is 0.240. The van der Waals surface area contributed by atoms with Gasteiger partial charge in [-0.3, -0.25) is 9.36 Å². The van der Waals surface area contributed by atoms with E-state index in [1.165, 1.54) is 11.3 Å². The highest BCUT2D eigenvalue weighted by atomic mass is 35.5. The van der Waals surface area contributed by atoms with Crippen LogP contribution in [-0.4, -0.2) is 31.2 Å². The van der Waals surface area contributed by atoms with E-state index in [1.54, 1.807) is 30.5 Å². The summed E-state index contributed by atoms with van der Waals surface area (Å²) in [6.07, 6.45) is 1.85. The average Bonchev–Trinajstić information content (AvgIpc) is 3.08. The van der Waals surface area contributed by atoms with E-state index in [1.807, 2.05) is 61.5 Å². The molecule has 1 aliphatic heterocycles. The quantitative estimate of drug-likeness (QED) is 0.523. The van der Waals surface area contributed by atoms with Gasteiger partial charge in [-0.25, -0.2) is 9.79 Å². The number of anilines is 1. The molecule has 2 heterocycles. The first-order valence-electron chi connectivity index (χ1n) is 10.5. The molecule has 0 N–H and O–H groups in total. The molecule has 0 unspecified atom stereocenters. The van der Waals surface area contributed by atoms with Crippen LogP contribution in [0.4, 0.5) is 5.69 Å². The Hall–Kier alpha value is -3.16. The zero-order valence-electron chi connectivity index (χ0n) is 18.8. The van der Waals surface area contributed by atoms with E-state index >= 15 is 0 Å².